The highest BCUT2D eigenvalue weighted by Gasteiger charge is 2.31. The zero-order valence-corrected chi connectivity index (χ0v) is 11.9. The molecule has 0 amide bonds. The predicted octanol–water partition coefficient (Wildman–Crippen LogP) is 2.70. The molecule has 2 aliphatic heterocycles. The molecule has 1 unspecified atom stereocenters. The van der Waals surface area contributed by atoms with Crippen LogP contribution in [0.25, 0.3) is 0 Å². The fraction of sp³-hybridized carbons (Fsp3) is 0.600. The van der Waals surface area contributed by atoms with Crippen LogP contribution < -0.4 is 14.8 Å². The van der Waals surface area contributed by atoms with Crippen LogP contribution in [0.5, 0.6) is 11.5 Å². The highest BCUT2D eigenvalue weighted by molar-refractivity contribution is 5.56. The van der Waals surface area contributed by atoms with Gasteiger partial charge in [0.1, 0.15) is 0 Å². The van der Waals surface area contributed by atoms with Crippen LogP contribution in [0.1, 0.15) is 26.7 Å². The fourth-order valence-electron chi connectivity index (χ4n) is 2.83. The molecule has 1 N–H and O–H groups in total. The zero-order valence-electron chi connectivity index (χ0n) is 11.9. The number of hydrogen-bond acceptors (Lipinski definition) is 4. The molecule has 0 radical (unpaired) electrons. The van der Waals surface area contributed by atoms with Gasteiger partial charge < -0.3 is 19.7 Å². The molecule has 0 aliphatic carbocycles. The Morgan fingerprint density at radius 3 is 2.84 bits per heavy atom. The molecule has 0 aromatic heterocycles. The lowest BCUT2D eigenvalue weighted by Gasteiger charge is -2.30. The number of nitrogens with one attached hydrogen (secondary N) is 1. The van der Waals surface area contributed by atoms with Crippen molar-refractivity contribution in [3.8, 4) is 11.5 Å². The molecular weight excluding hydrogens is 240 g/mol. The Bertz CT molecular complexity index is 473. The van der Waals surface area contributed by atoms with E-state index in [-0.39, 0.29) is 0 Å². The van der Waals surface area contributed by atoms with E-state index in [1.807, 2.05) is 26.0 Å². The summed E-state index contributed by atoms with van der Waals surface area (Å²) in [6, 6.07) is 6.61. The van der Waals surface area contributed by atoms with Crippen molar-refractivity contribution in [3.63, 3.8) is 0 Å². The van der Waals surface area contributed by atoms with Crippen molar-refractivity contribution in [2.45, 2.75) is 38.5 Å². The first-order valence-corrected chi connectivity index (χ1v) is 6.99. The monoisotopic (exact) mass is 262 g/mol. The van der Waals surface area contributed by atoms with Crippen LogP contribution in [-0.2, 0) is 0 Å². The van der Waals surface area contributed by atoms with Crippen molar-refractivity contribution in [2.75, 3.05) is 25.5 Å². The maximum Gasteiger partial charge on any atom is 0.246 e. The SMILES string of the molecule is CN1CCCC(Nc2ccc3c(c2)OC(C)(C)O3)C1. The first kappa shape index (κ1) is 12.6. The number of likely N-dealkylation sites (tertiary alicyclic amines) is 1. The Morgan fingerprint density at radius 2 is 2.05 bits per heavy atom. The van der Waals surface area contributed by atoms with E-state index in [2.05, 4.69) is 23.3 Å². The molecule has 1 aromatic carbocycles. The number of rotatable bonds is 2. The summed E-state index contributed by atoms with van der Waals surface area (Å²) in [5.41, 5.74) is 1.11. The number of piperidine rings is 1. The number of likely N-dealkylation sites (N-methyl/N-ethyl adjacent to an activating group) is 1. The van der Waals surface area contributed by atoms with Gasteiger partial charge in [0.05, 0.1) is 0 Å². The number of hydrogen-bond donors (Lipinski definition) is 1. The van der Waals surface area contributed by atoms with Gasteiger partial charge in [-0.25, -0.2) is 0 Å². The van der Waals surface area contributed by atoms with E-state index in [1.165, 1.54) is 19.4 Å². The van der Waals surface area contributed by atoms with E-state index in [4.69, 9.17) is 9.47 Å². The second-order valence-corrected chi connectivity index (χ2v) is 6.01. The van der Waals surface area contributed by atoms with Crippen LogP contribution in [0.2, 0.25) is 0 Å². The molecule has 4 nitrogen and oxygen atoms in total. The van der Waals surface area contributed by atoms with Crippen LogP contribution in [-0.4, -0.2) is 36.9 Å². The third kappa shape index (κ3) is 2.78. The molecule has 2 aliphatic rings. The van der Waals surface area contributed by atoms with Gasteiger partial charge in [-0.05, 0) is 38.6 Å². The van der Waals surface area contributed by atoms with Gasteiger partial charge in [0, 0.05) is 38.2 Å². The molecule has 0 bridgehead atoms. The van der Waals surface area contributed by atoms with E-state index < -0.39 is 5.79 Å². The zero-order chi connectivity index (χ0) is 13.5. The van der Waals surface area contributed by atoms with Gasteiger partial charge >= 0.3 is 0 Å². The molecule has 1 saturated heterocycles. The van der Waals surface area contributed by atoms with E-state index in [9.17, 15) is 0 Å². The van der Waals surface area contributed by atoms with E-state index in [0.717, 1.165) is 23.7 Å². The molecule has 0 spiro atoms. The molecule has 3 rings (SSSR count). The number of ether oxygens (including phenoxy) is 2. The summed E-state index contributed by atoms with van der Waals surface area (Å²) in [5.74, 6) is 1.11. The minimum atomic E-state index is -0.550. The second-order valence-electron chi connectivity index (χ2n) is 6.01. The van der Waals surface area contributed by atoms with Crippen LogP contribution in [0.3, 0.4) is 0 Å². The molecule has 1 fully saturated rings. The second kappa shape index (κ2) is 4.60. The van der Waals surface area contributed by atoms with Crippen molar-refractivity contribution in [1.29, 1.82) is 0 Å². The van der Waals surface area contributed by atoms with Gasteiger partial charge in [-0.2, -0.15) is 0 Å². The average molecular weight is 262 g/mol. The Balaban J connectivity index is 1.70. The summed E-state index contributed by atoms with van der Waals surface area (Å²) >= 11 is 0. The molecule has 4 heteroatoms. The van der Waals surface area contributed by atoms with Gasteiger partial charge in [-0.3, -0.25) is 0 Å². The highest BCUT2D eigenvalue weighted by atomic mass is 16.7. The number of anilines is 1. The normalized spacial score (nSPS) is 25.3. The maximum absolute atomic E-state index is 5.77. The molecular formula is C15H22N2O2. The molecule has 2 heterocycles. The summed E-state index contributed by atoms with van der Waals surface area (Å²) < 4.78 is 11.5. The predicted molar refractivity (Wildman–Crippen MR) is 75.9 cm³/mol. The van der Waals surface area contributed by atoms with E-state index in [0.29, 0.717) is 6.04 Å². The van der Waals surface area contributed by atoms with Crippen LogP contribution in [0.4, 0.5) is 5.69 Å². The van der Waals surface area contributed by atoms with Crippen molar-refractivity contribution in [1.82, 2.24) is 4.90 Å². The number of benzene rings is 1. The minimum absolute atomic E-state index is 0.520. The Hall–Kier alpha value is -1.42. The molecule has 19 heavy (non-hydrogen) atoms. The summed E-state index contributed by atoms with van der Waals surface area (Å²) in [6.07, 6.45) is 2.48. The first-order valence-electron chi connectivity index (χ1n) is 6.99. The topological polar surface area (TPSA) is 33.7 Å². The summed E-state index contributed by atoms with van der Waals surface area (Å²) in [5, 5.41) is 3.59. The van der Waals surface area contributed by atoms with Crippen molar-refractivity contribution >= 4 is 5.69 Å². The Labute approximate surface area is 114 Å². The number of fused-ring (bicyclic) bond motifs is 1. The van der Waals surface area contributed by atoms with Crippen LogP contribution >= 0.6 is 0 Å². The van der Waals surface area contributed by atoms with Crippen molar-refractivity contribution in [3.05, 3.63) is 18.2 Å². The maximum atomic E-state index is 5.77. The lowest BCUT2D eigenvalue weighted by Crippen LogP contribution is -2.39. The highest BCUT2D eigenvalue weighted by Crippen LogP contribution is 2.40. The summed E-state index contributed by atoms with van der Waals surface area (Å²) in [4.78, 5) is 2.37. The van der Waals surface area contributed by atoms with Crippen molar-refractivity contribution < 1.29 is 9.47 Å². The average Bonchev–Trinajstić information content (AvgIpc) is 2.62. The fourth-order valence-corrected chi connectivity index (χ4v) is 2.83. The summed E-state index contributed by atoms with van der Waals surface area (Å²) in [6.45, 7) is 6.15. The number of nitrogens with zero attached hydrogens (tertiary/aromatic N) is 1. The van der Waals surface area contributed by atoms with E-state index >= 15 is 0 Å². The minimum Gasteiger partial charge on any atom is -0.449 e. The molecule has 1 atom stereocenters. The quantitative estimate of drug-likeness (QED) is 0.888. The lowest BCUT2D eigenvalue weighted by molar-refractivity contribution is -0.0431. The lowest BCUT2D eigenvalue weighted by atomic mass is 10.1. The van der Waals surface area contributed by atoms with Crippen LogP contribution in [0.15, 0.2) is 18.2 Å². The third-order valence-corrected chi connectivity index (χ3v) is 3.65. The smallest absolute Gasteiger partial charge is 0.246 e. The third-order valence-electron chi connectivity index (χ3n) is 3.65. The Kier molecular flexibility index (Phi) is 3.05. The van der Waals surface area contributed by atoms with Crippen LogP contribution in [0, 0.1) is 0 Å². The van der Waals surface area contributed by atoms with E-state index in [1.54, 1.807) is 0 Å². The van der Waals surface area contributed by atoms with Gasteiger partial charge in [0.15, 0.2) is 11.5 Å². The standard InChI is InChI=1S/C15H22N2O2/c1-15(2)18-13-7-6-11(9-14(13)19-15)16-12-5-4-8-17(3)10-12/h6-7,9,12,16H,4-5,8,10H2,1-3H3. The van der Waals surface area contributed by atoms with Gasteiger partial charge in [-0.1, -0.05) is 0 Å². The Morgan fingerprint density at radius 1 is 1.26 bits per heavy atom. The van der Waals surface area contributed by atoms with Gasteiger partial charge in [-0.15, -0.1) is 0 Å². The first-order chi connectivity index (χ1) is 9.02. The molecule has 104 valence electrons. The summed E-state index contributed by atoms with van der Waals surface area (Å²) in [7, 11) is 2.18. The van der Waals surface area contributed by atoms with Crippen molar-refractivity contribution in [2.24, 2.45) is 0 Å². The molecule has 0 saturated carbocycles. The van der Waals surface area contributed by atoms with Gasteiger partial charge in [0.2, 0.25) is 5.79 Å². The van der Waals surface area contributed by atoms with Gasteiger partial charge in [0.25, 0.3) is 0 Å². The molecule has 1 aromatic rings. The largest absolute Gasteiger partial charge is 0.449 e.